The van der Waals surface area contributed by atoms with Crippen molar-refractivity contribution in [3.8, 4) is 0 Å². The lowest BCUT2D eigenvalue weighted by atomic mass is 9.80. The molecule has 2 aliphatic rings. The van der Waals surface area contributed by atoms with Crippen LogP contribution in [0.15, 0.2) is 4.52 Å². The zero-order valence-electron chi connectivity index (χ0n) is 11.6. The van der Waals surface area contributed by atoms with Crippen LogP contribution in [0.3, 0.4) is 0 Å². The second-order valence-corrected chi connectivity index (χ2v) is 5.53. The molecule has 1 aliphatic heterocycles. The lowest BCUT2D eigenvalue weighted by molar-refractivity contribution is -0.0679. The van der Waals surface area contributed by atoms with Crippen LogP contribution in [0.2, 0.25) is 0 Å². The van der Waals surface area contributed by atoms with Gasteiger partial charge in [-0.1, -0.05) is 5.16 Å². The number of hydrogen-bond acceptors (Lipinski definition) is 6. The molecule has 7 nitrogen and oxygen atoms in total. The minimum Gasteiger partial charge on any atom is -0.376 e. The highest BCUT2D eigenvalue weighted by molar-refractivity contribution is 5.90. The van der Waals surface area contributed by atoms with Gasteiger partial charge in [0, 0.05) is 13.7 Å². The molecule has 20 heavy (non-hydrogen) atoms. The smallest absolute Gasteiger partial charge is 0.292 e. The number of carbonyl (C=O) groups is 1. The molecule has 1 unspecified atom stereocenters. The number of hydrogen-bond donors (Lipinski definition) is 2. The second kappa shape index (κ2) is 5.49. The van der Waals surface area contributed by atoms with Gasteiger partial charge in [-0.2, -0.15) is 4.98 Å². The molecule has 1 aromatic heterocycles. The molecule has 2 heterocycles. The van der Waals surface area contributed by atoms with Gasteiger partial charge in [0.1, 0.15) is 0 Å². The van der Waals surface area contributed by atoms with Crippen molar-refractivity contribution in [2.24, 2.45) is 0 Å². The van der Waals surface area contributed by atoms with Crippen LogP contribution in [0.4, 0.5) is 0 Å². The first-order chi connectivity index (χ1) is 9.72. The number of rotatable bonds is 5. The van der Waals surface area contributed by atoms with Gasteiger partial charge in [-0.15, -0.1) is 0 Å². The predicted molar refractivity (Wildman–Crippen MR) is 70.2 cm³/mol. The maximum atomic E-state index is 12.0. The van der Waals surface area contributed by atoms with Crippen LogP contribution < -0.4 is 10.6 Å². The van der Waals surface area contributed by atoms with Crippen molar-refractivity contribution < 1.29 is 14.1 Å². The molecule has 1 saturated carbocycles. The standard InChI is InChI=1S/C13H20N4O3/c1-19-13(5-3-6-13)8-15-11(18)10-16-12(20-17-10)9-4-2-7-14-9/h9,14H,2-8H2,1H3,(H,15,18). The van der Waals surface area contributed by atoms with E-state index in [1.54, 1.807) is 7.11 Å². The number of amides is 1. The molecule has 1 amide bonds. The van der Waals surface area contributed by atoms with E-state index >= 15 is 0 Å². The molecule has 0 spiro atoms. The highest BCUT2D eigenvalue weighted by Gasteiger charge is 2.37. The summed E-state index contributed by atoms with van der Waals surface area (Å²) in [5, 5.41) is 9.84. The number of methoxy groups -OCH3 is 1. The van der Waals surface area contributed by atoms with E-state index in [-0.39, 0.29) is 23.4 Å². The molecule has 7 heteroatoms. The SMILES string of the molecule is COC1(CNC(=O)c2noc(C3CCCN3)n2)CCC1. The average Bonchev–Trinajstić information content (AvgIpc) is 3.08. The maximum Gasteiger partial charge on any atom is 0.292 e. The second-order valence-electron chi connectivity index (χ2n) is 5.53. The summed E-state index contributed by atoms with van der Waals surface area (Å²) in [5.74, 6) is 0.290. The van der Waals surface area contributed by atoms with Crippen LogP contribution in [0, 0.1) is 0 Å². The third-order valence-corrected chi connectivity index (χ3v) is 4.27. The Morgan fingerprint density at radius 1 is 1.55 bits per heavy atom. The van der Waals surface area contributed by atoms with E-state index in [0.29, 0.717) is 12.4 Å². The Labute approximate surface area is 117 Å². The minimum absolute atomic E-state index is 0.0843. The molecule has 1 saturated heterocycles. The van der Waals surface area contributed by atoms with Gasteiger partial charge in [0.05, 0.1) is 11.6 Å². The summed E-state index contributed by atoms with van der Waals surface area (Å²) in [5.41, 5.74) is -0.199. The van der Waals surface area contributed by atoms with Crippen molar-refractivity contribution in [2.45, 2.75) is 43.7 Å². The van der Waals surface area contributed by atoms with Gasteiger partial charge >= 0.3 is 0 Å². The third kappa shape index (κ3) is 2.55. The van der Waals surface area contributed by atoms with Gasteiger partial charge in [0.25, 0.3) is 11.7 Å². The van der Waals surface area contributed by atoms with Crippen LogP contribution in [-0.4, -0.2) is 41.8 Å². The van der Waals surface area contributed by atoms with Crippen molar-refractivity contribution in [1.29, 1.82) is 0 Å². The van der Waals surface area contributed by atoms with Crippen molar-refractivity contribution in [2.75, 3.05) is 20.2 Å². The van der Waals surface area contributed by atoms with E-state index in [9.17, 15) is 4.79 Å². The molecule has 110 valence electrons. The van der Waals surface area contributed by atoms with Gasteiger partial charge in [0.15, 0.2) is 0 Å². The van der Waals surface area contributed by atoms with Crippen LogP contribution in [0.5, 0.6) is 0 Å². The van der Waals surface area contributed by atoms with E-state index in [2.05, 4.69) is 20.8 Å². The number of ether oxygens (including phenoxy) is 1. The number of carbonyl (C=O) groups excluding carboxylic acids is 1. The molecule has 0 aromatic carbocycles. The molecule has 2 fully saturated rings. The predicted octanol–water partition coefficient (Wildman–Crippen LogP) is 0.793. The molecule has 0 radical (unpaired) electrons. The highest BCUT2D eigenvalue weighted by Crippen LogP contribution is 2.34. The summed E-state index contributed by atoms with van der Waals surface area (Å²) in [6.07, 6.45) is 5.16. The Kier molecular flexibility index (Phi) is 3.71. The van der Waals surface area contributed by atoms with Crippen molar-refractivity contribution in [1.82, 2.24) is 20.8 Å². The van der Waals surface area contributed by atoms with Crippen molar-refractivity contribution in [3.63, 3.8) is 0 Å². The first-order valence-electron chi connectivity index (χ1n) is 7.13. The lowest BCUT2D eigenvalue weighted by Gasteiger charge is -2.40. The average molecular weight is 280 g/mol. The Morgan fingerprint density at radius 2 is 2.40 bits per heavy atom. The summed E-state index contributed by atoms with van der Waals surface area (Å²) < 4.78 is 10.6. The van der Waals surface area contributed by atoms with E-state index in [4.69, 9.17) is 9.26 Å². The van der Waals surface area contributed by atoms with Crippen molar-refractivity contribution in [3.05, 3.63) is 11.7 Å². The molecule has 1 aliphatic carbocycles. The Morgan fingerprint density at radius 3 is 3.00 bits per heavy atom. The number of nitrogens with zero attached hydrogens (tertiary/aromatic N) is 2. The summed E-state index contributed by atoms with van der Waals surface area (Å²) in [6.45, 7) is 1.44. The van der Waals surface area contributed by atoms with Crippen LogP contribution >= 0.6 is 0 Å². The normalized spacial score (nSPS) is 24.4. The Bertz CT molecular complexity index is 472. The van der Waals surface area contributed by atoms with Crippen LogP contribution in [0.25, 0.3) is 0 Å². The zero-order valence-corrected chi connectivity index (χ0v) is 11.6. The lowest BCUT2D eigenvalue weighted by Crippen LogP contribution is -2.49. The van der Waals surface area contributed by atoms with Crippen molar-refractivity contribution >= 4 is 5.91 Å². The Hall–Kier alpha value is -1.47. The fourth-order valence-electron chi connectivity index (χ4n) is 2.71. The maximum absolute atomic E-state index is 12.0. The van der Waals surface area contributed by atoms with E-state index in [0.717, 1.165) is 38.6 Å². The topological polar surface area (TPSA) is 89.3 Å². The largest absolute Gasteiger partial charge is 0.376 e. The molecule has 1 atom stereocenters. The first-order valence-corrected chi connectivity index (χ1v) is 7.13. The summed E-state index contributed by atoms with van der Waals surface area (Å²) in [6, 6.07) is 0.0843. The molecule has 2 N–H and O–H groups in total. The quantitative estimate of drug-likeness (QED) is 0.829. The first kappa shape index (κ1) is 13.5. The molecular formula is C13H20N4O3. The van der Waals surface area contributed by atoms with Gasteiger partial charge in [0.2, 0.25) is 5.89 Å². The van der Waals surface area contributed by atoms with Gasteiger partial charge in [-0.3, -0.25) is 4.79 Å². The zero-order chi connectivity index (χ0) is 14.0. The van der Waals surface area contributed by atoms with Gasteiger partial charge in [-0.05, 0) is 38.6 Å². The molecular weight excluding hydrogens is 260 g/mol. The van der Waals surface area contributed by atoms with Crippen LogP contribution in [0.1, 0.15) is 54.7 Å². The molecule has 3 rings (SSSR count). The third-order valence-electron chi connectivity index (χ3n) is 4.27. The molecule has 0 bridgehead atoms. The van der Waals surface area contributed by atoms with Crippen LogP contribution in [-0.2, 0) is 4.74 Å². The number of aromatic nitrogens is 2. The Balaban J connectivity index is 1.57. The monoisotopic (exact) mass is 280 g/mol. The summed E-state index contributed by atoms with van der Waals surface area (Å²) in [7, 11) is 1.68. The van der Waals surface area contributed by atoms with Gasteiger partial charge in [-0.25, -0.2) is 0 Å². The summed E-state index contributed by atoms with van der Waals surface area (Å²) in [4.78, 5) is 16.2. The van der Waals surface area contributed by atoms with Gasteiger partial charge < -0.3 is 19.9 Å². The minimum atomic E-state index is -0.304. The molecule has 1 aromatic rings. The fraction of sp³-hybridized carbons (Fsp3) is 0.769. The van der Waals surface area contributed by atoms with E-state index in [1.165, 1.54) is 0 Å². The number of nitrogens with one attached hydrogen (secondary N) is 2. The van der Waals surface area contributed by atoms with E-state index in [1.807, 2.05) is 0 Å². The highest BCUT2D eigenvalue weighted by atomic mass is 16.5. The fourth-order valence-corrected chi connectivity index (χ4v) is 2.71. The summed E-state index contributed by atoms with van der Waals surface area (Å²) >= 11 is 0. The van der Waals surface area contributed by atoms with E-state index < -0.39 is 0 Å².